The molecule has 0 heterocycles. The fourth-order valence-electron chi connectivity index (χ4n) is 2.56. The summed E-state index contributed by atoms with van der Waals surface area (Å²) in [6.07, 6.45) is -2.32. The van der Waals surface area contributed by atoms with Gasteiger partial charge in [-0.3, -0.25) is 0 Å². The quantitative estimate of drug-likeness (QED) is 0.287. The first-order valence-corrected chi connectivity index (χ1v) is 14.3. The zero-order valence-corrected chi connectivity index (χ0v) is 22.8. The van der Waals surface area contributed by atoms with Gasteiger partial charge >= 0.3 is 185 Å². The fourth-order valence-corrected chi connectivity index (χ4v) is 9.80. The first-order valence-electron chi connectivity index (χ1n) is 10.3. The first-order chi connectivity index (χ1) is 13.5. The Bertz CT molecular complexity index is 342. The van der Waals surface area contributed by atoms with E-state index in [2.05, 4.69) is 0 Å². The molecule has 0 aliphatic rings. The van der Waals surface area contributed by atoms with Gasteiger partial charge < -0.3 is 0 Å². The van der Waals surface area contributed by atoms with E-state index in [1.165, 1.54) is 0 Å². The molecular formula is C20H44O8Zr. The average molecular weight is 504 g/mol. The summed E-state index contributed by atoms with van der Waals surface area (Å²) in [5.41, 5.74) is 0. The van der Waals surface area contributed by atoms with E-state index in [0.717, 1.165) is 0 Å². The maximum absolute atomic E-state index is 6.38. The molecule has 0 bridgehead atoms. The van der Waals surface area contributed by atoms with Gasteiger partial charge in [0.2, 0.25) is 0 Å². The van der Waals surface area contributed by atoms with Gasteiger partial charge in [0.05, 0.1) is 0 Å². The molecule has 0 radical (unpaired) electrons. The molecule has 0 rings (SSSR count). The number of hydrogen-bond donors (Lipinski definition) is 0. The molecule has 4 unspecified atom stereocenters. The van der Waals surface area contributed by atoms with Gasteiger partial charge in [-0.15, -0.1) is 0 Å². The van der Waals surface area contributed by atoms with Gasteiger partial charge in [-0.05, 0) is 0 Å². The summed E-state index contributed by atoms with van der Waals surface area (Å²) in [4.78, 5) is 0. The van der Waals surface area contributed by atoms with Crippen LogP contribution in [0.2, 0.25) is 0 Å². The van der Waals surface area contributed by atoms with Crippen LogP contribution in [0.15, 0.2) is 0 Å². The molecule has 8 nitrogen and oxygen atoms in total. The molecule has 0 saturated heterocycles. The summed E-state index contributed by atoms with van der Waals surface area (Å²) >= 11 is -4.86. The van der Waals surface area contributed by atoms with Crippen LogP contribution in [0, 0.1) is 23.7 Å². The Kier molecular flexibility index (Phi) is 14.9. The second-order valence-corrected chi connectivity index (χ2v) is 13.1. The first kappa shape index (κ1) is 29.6. The fraction of sp³-hybridized carbons (Fsp3) is 1.00. The Morgan fingerprint density at radius 1 is 0.379 bits per heavy atom. The SMILES string of the molecule is COC([O][Zr]([O]C(OC)C(C)C)([O]C(OC)C(C)C)[O]C(OC)C(C)C)C(C)C. The molecule has 4 atom stereocenters. The van der Waals surface area contributed by atoms with Crippen molar-refractivity contribution < 1.29 is 52.2 Å². The molecule has 9 heteroatoms. The Morgan fingerprint density at radius 2 is 0.552 bits per heavy atom. The predicted octanol–water partition coefficient (Wildman–Crippen LogP) is 4.38. The number of ether oxygens (including phenoxy) is 4. The van der Waals surface area contributed by atoms with Crippen LogP contribution in [0.25, 0.3) is 0 Å². The molecule has 0 aromatic carbocycles. The Morgan fingerprint density at radius 3 is 0.655 bits per heavy atom. The number of rotatable bonds is 16. The van der Waals surface area contributed by atoms with Crippen LogP contribution in [0.5, 0.6) is 0 Å². The van der Waals surface area contributed by atoms with Gasteiger partial charge in [0.15, 0.2) is 0 Å². The molecule has 0 N–H and O–H groups in total. The van der Waals surface area contributed by atoms with Crippen LogP contribution in [0.3, 0.4) is 0 Å². The molecular weight excluding hydrogens is 459 g/mol. The number of methoxy groups -OCH3 is 4. The van der Waals surface area contributed by atoms with Gasteiger partial charge in [0.1, 0.15) is 0 Å². The third-order valence-corrected chi connectivity index (χ3v) is 9.27. The molecule has 0 aromatic rings. The molecule has 0 amide bonds. The average Bonchev–Trinajstić information content (AvgIpc) is 2.65. The number of hydrogen-bond acceptors (Lipinski definition) is 8. The summed E-state index contributed by atoms with van der Waals surface area (Å²) in [5.74, 6) is 0.193. The minimum absolute atomic E-state index is 0.0482. The third-order valence-electron chi connectivity index (χ3n) is 4.15. The summed E-state index contributed by atoms with van der Waals surface area (Å²) in [6, 6.07) is 0. The van der Waals surface area contributed by atoms with E-state index >= 15 is 0 Å². The van der Waals surface area contributed by atoms with Crippen molar-refractivity contribution in [1.29, 1.82) is 0 Å². The molecule has 0 spiro atoms. The van der Waals surface area contributed by atoms with Crippen LogP contribution < -0.4 is 0 Å². The summed E-state index contributed by atoms with van der Waals surface area (Å²) in [5, 5.41) is 0. The maximum atomic E-state index is 6.38. The van der Waals surface area contributed by atoms with Crippen LogP contribution in [-0.2, 0) is 52.2 Å². The van der Waals surface area contributed by atoms with Crippen molar-refractivity contribution in [3.8, 4) is 0 Å². The van der Waals surface area contributed by atoms with Crippen molar-refractivity contribution in [3.63, 3.8) is 0 Å². The second kappa shape index (κ2) is 14.6. The van der Waals surface area contributed by atoms with Gasteiger partial charge in [-0.2, -0.15) is 0 Å². The normalized spacial score (nSPS) is 19.0. The van der Waals surface area contributed by atoms with E-state index < -0.39 is 47.2 Å². The van der Waals surface area contributed by atoms with E-state index in [1.54, 1.807) is 28.4 Å². The zero-order valence-electron chi connectivity index (χ0n) is 20.4. The standard InChI is InChI=1S/4C5H11O2.Zr/c4*1-4(2)5(6)7-3;/h4*4-5H,1-3H3;/q4*-1;+4. The van der Waals surface area contributed by atoms with Crippen molar-refractivity contribution in [2.24, 2.45) is 23.7 Å². The zero-order chi connectivity index (χ0) is 22.8. The Labute approximate surface area is 184 Å². The molecule has 0 aliphatic carbocycles. The predicted molar refractivity (Wildman–Crippen MR) is 107 cm³/mol. The van der Waals surface area contributed by atoms with Crippen molar-refractivity contribution in [1.82, 2.24) is 0 Å². The summed E-state index contributed by atoms with van der Waals surface area (Å²) in [6.45, 7) is 15.9. The van der Waals surface area contributed by atoms with Crippen LogP contribution in [0.4, 0.5) is 0 Å². The molecule has 0 saturated carbocycles. The molecule has 176 valence electrons. The van der Waals surface area contributed by atoms with E-state index in [0.29, 0.717) is 0 Å². The van der Waals surface area contributed by atoms with E-state index in [1.807, 2.05) is 55.4 Å². The van der Waals surface area contributed by atoms with E-state index in [4.69, 9.17) is 30.2 Å². The summed E-state index contributed by atoms with van der Waals surface area (Å²) in [7, 11) is 6.35. The van der Waals surface area contributed by atoms with Gasteiger partial charge in [0, 0.05) is 0 Å². The van der Waals surface area contributed by atoms with Crippen molar-refractivity contribution in [2.75, 3.05) is 28.4 Å². The van der Waals surface area contributed by atoms with Crippen molar-refractivity contribution in [2.45, 2.75) is 80.6 Å². The molecule has 0 aliphatic heterocycles. The topological polar surface area (TPSA) is 73.8 Å². The van der Waals surface area contributed by atoms with Crippen LogP contribution in [-0.4, -0.2) is 53.6 Å². The Hall–Kier alpha value is 0.563. The van der Waals surface area contributed by atoms with Crippen LogP contribution in [0.1, 0.15) is 55.4 Å². The van der Waals surface area contributed by atoms with Crippen molar-refractivity contribution in [3.05, 3.63) is 0 Å². The monoisotopic (exact) mass is 502 g/mol. The van der Waals surface area contributed by atoms with Gasteiger partial charge in [-0.25, -0.2) is 0 Å². The second-order valence-electron chi connectivity index (χ2n) is 8.36. The molecule has 0 fully saturated rings. The third kappa shape index (κ3) is 10.1. The van der Waals surface area contributed by atoms with Gasteiger partial charge in [-0.1, -0.05) is 0 Å². The van der Waals surface area contributed by atoms with Crippen LogP contribution >= 0.6 is 0 Å². The van der Waals surface area contributed by atoms with E-state index in [9.17, 15) is 0 Å². The molecule has 29 heavy (non-hydrogen) atoms. The van der Waals surface area contributed by atoms with Crippen molar-refractivity contribution >= 4 is 0 Å². The summed E-state index contributed by atoms with van der Waals surface area (Å²) < 4.78 is 47.8. The van der Waals surface area contributed by atoms with Gasteiger partial charge in [0.25, 0.3) is 0 Å². The molecule has 0 aromatic heterocycles. The Balaban J connectivity index is 6.23. The minimum atomic E-state index is -4.86. The van der Waals surface area contributed by atoms with E-state index in [-0.39, 0.29) is 23.7 Å².